The molecule has 0 bridgehead atoms. The molecule has 1 heterocycles. The van der Waals surface area contributed by atoms with Crippen molar-refractivity contribution in [3.63, 3.8) is 0 Å². The number of anilines is 1. The Bertz CT molecular complexity index is 646. The minimum Gasteiger partial charge on any atom is -0.383 e. The number of hydrogen-bond donors (Lipinski definition) is 2. The monoisotopic (exact) mass is 338 g/mol. The van der Waals surface area contributed by atoms with Gasteiger partial charge < -0.3 is 15.3 Å². The topological polar surface area (TPSA) is 69.6 Å². The van der Waals surface area contributed by atoms with Crippen molar-refractivity contribution in [1.29, 1.82) is 0 Å². The van der Waals surface area contributed by atoms with Crippen LogP contribution in [0.15, 0.2) is 30.3 Å². The van der Waals surface area contributed by atoms with E-state index in [1.807, 2.05) is 6.07 Å². The first-order chi connectivity index (χ1) is 11.3. The first kappa shape index (κ1) is 16.8. The minimum absolute atomic E-state index is 0.113. The molecule has 0 aromatic heterocycles. The molecule has 7 heteroatoms. The van der Waals surface area contributed by atoms with Crippen LogP contribution in [-0.2, 0) is 9.59 Å². The third-order valence-corrected chi connectivity index (χ3v) is 4.94. The zero-order valence-corrected chi connectivity index (χ0v) is 13.3. The normalized spacial score (nSPS) is 26.2. The van der Waals surface area contributed by atoms with Crippen molar-refractivity contribution in [1.82, 2.24) is 5.32 Å². The van der Waals surface area contributed by atoms with Crippen molar-refractivity contribution in [2.45, 2.75) is 56.2 Å². The summed E-state index contributed by atoms with van der Waals surface area (Å²) in [6.45, 7) is 1.80. The van der Waals surface area contributed by atoms with Crippen molar-refractivity contribution in [3.05, 3.63) is 30.3 Å². The number of nitrogens with one attached hydrogen (secondary N) is 1. The summed E-state index contributed by atoms with van der Waals surface area (Å²) in [5.74, 6) is -5.89. The molecular formula is C17H20F2N2O3. The quantitative estimate of drug-likeness (QED) is 0.880. The summed E-state index contributed by atoms with van der Waals surface area (Å²) in [6.07, 6.45) is 0.478. The number of amides is 2. The van der Waals surface area contributed by atoms with E-state index in [9.17, 15) is 23.5 Å². The number of halogens is 2. The molecule has 130 valence electrons. The van der Waals surface area contributed by atoms with Crippen LogP contribution >= 0.6 is 0 Å². The second-order valence-electron chi connectivity index (χ2n) is 6.61. The number of carbonyl (C=O) groups is 2. The van der Waals surface area contributed by atoms with E-state index in [-0.39, 0.29) is 25.3 Å². The number of aliphatic hydroxyl groups is 1. The van der Waals surface area contributed by atoms with Gasteiger partial charge in [0.25, 0.3) is 5.91 Å². The molecule has 1 saturated heterocycles. The van der Waals surface area contributed by atoms with Crippen LogP contribution < -0.4 is 10.2 Å². The Hall–Kier alpha value is -2.02. The standard InChI is InChI=1S/C17H20F2N2O3/c1-11-10-13(14(22)21(11)12-6-3-2-4-7-12)20-15(23)17(18,19)16(24)8-5-9-16/h2-4,6-7,11,13,24H,5,8-10H2,1H3,(H,20,23). The van der Waals surface area contributed by atoms with E-state index in [4.69, 9.17) is 0 Å². The molecule has 3 rings (SSSR count). The van der Waals surface area contributed by atoms with E-state index < -0.39 is 29.4 Å². The predicted octanol–water partition coefficient (Wildman–Crippen LogP) is 1.85. The zero-order valence-electron chi connectivity index (χ0n) is 13.3. The van der Waals surface area contributed by atoms with E-state index in [0.717, 1.165) is 0 Å². The Morgan fingerprint density at radius 2 is 1.96 bits per heavy atom. The van der Waals surface area contributed by atoms with Crippen molar-refractivity contribution in [2.24, 2.45) is 0 Å². The molecule has 2 amide bonds. The van der Waals surface area contributed by atoms with E-state index >= 15 is 0 Å². The van der Waals surface area contributed by atoms with Gasteiger partial charge in [0.1, 0.15) is 11.6 Å². The van der Waals surface area contributed by atoms with Crippen molar-refractivity contribution >= 4 is 17.5 Å². The Balaban J connectivity index is 1.72. The molecule has 5 nitrogen and oxygen atoms in total. The molecule has 0 spiro atoms. The van der Waals surface area contributed by atoms with Gasteiger partial charge in [0, 0.05) is 11.7 Å². The SMILES string of the molecule is CC1CC(NC(=O)C(F)(F)C2(O)CCC2)C(=O)N1c1ccccc1. The summed E-state index contributed by atoms with van der Waals surface area (Å²) < 4.78 is 28.3. The van der Waals surface area contributed by atoms with Crippen LogP contribution in [-0.4, -0.2) is 40.5 Å². The zero-order chi connectivity index (χ0) is 17.5. The maximum Gasteiger partial charge on any atom is 0.352 e. The fraction of sp³-hybridized carbons (Fsp3) is 0.529. The van der Waals surface area contributed by atoms with E-state index in [1.165, 1.54) is 4.90 Å². The van der Waals surface area contributed by atoms with Gasteiger partial charge in [-0.2, -0.15) is 8.78 Å². The lowest BCUT2D eigenvalue weighted by Crippen LogP contribution is -2.62. The van der Waals surface area contributed by atoms with Crippen molar-refractivity contribution < 1.29 is 23.5 Å². The summed E-state index contributed by atoms with van der Waals surface area (Å²) in [7, 11) is 0. The highest BCUT2D eigenvalue weighted by Crippen LogP contribution is 2.44. The van der Waals surface area contributed by atoms with Gasteiger partial charge in [-0.25, -0.2) is 0 Å². The fourth-order valence-electron chi connectivity index (χ4n) is 3.31. The van der Waals surface area contributed by atoms with Crippen molar-refractivity contribution in [2.75, 3.05) is 4.90 Å². The Morgan fingerprint density at radius 1 is 1.33 bits per heavy atom. The summed E-state index contributed by atoms with van der Waals surface area (Å²) in [6, 6.07) is 7.65. The van der Waals surface area contributed by atoms with Gasteiger partial charge in [-0.05, 0) is 44.7 Å². The van der Waals surface area contributed by atoms with Crippen LogP contribution in [0.3, 0.4) is 0 Å². The smallest absolute Gasteiger partial charge is 0.352 e. The van der Waals surface area contributed by atoms with Gasteiger partial charge in [0.05, 0.1) is 0 Å². The molecule has 1 aromatic carbocycles. The average Bonchev–Trinajstić information content (AvgIpc) is 2.79. The second kappa shape index (κ2) is 5.81. The Kier molecular flexibility index (Phi) is 4.07. The van der Waals surface area contributed by atoms with E-state index in [1.54, 1.807) is 31.2 Å². The van der Waals surface area contributed by atoms with Gasteiger partial charge >= 0.3 is 5.92 Å². The van der Waals surface area contributed by atoms with Crippen LogP contribution in [0, 0.1) is 0 Å². The van der Waals surface area contributed by atoms with Gasteiger partial charge in [0.2, 0.25) is 5.91 Å². The summed E-state index contributed by atoms with van der Waals surface area (Å²) in [5, 5.41) is 12.0. The number of nitrogens with zero attached hydrogens (tertiary/aromatic N) is 1. The third kappa shape index (κ3) is 2.56. The largest absolute Gasteiger partial charge is 0.383 e. The number of alkyl halides is 2. The lowest BCUT2D eigenvalue weighted by atomic mass is 9.75. The van der Waals surface area contributed by atoms with Gasteiger partial charge in [0.15, 0.2) is 0 Å². The Labute approximate surface area is 138 Å². The van der Waals surface area contributed by atoms with Crippen LogP contribution in [0.1, 0.15) is 32.6 Å². The molecule has 1 aliphatic heterocycles. The average molecular weight is 338 g/mol. The molecule has 1 saturated carbocycles. The van der Waals surface area contributed by atoms with Gasteiger partial charge in [-0.15, -0.1) is 0 Å². The summed E-state index contributed by atoms with van der Waals surface area (Å²) >= 11 is 0. The van der Waals surface area contributed by atoms with E-state index in [2.05, 4.69) is 5.32 Å². The van der Waals surface area contributed by atoms with Crippen LogP contribution in [0.4, 0.5) is 14.5 Å². The highest BCUT2D eigenvalue weighted by Gasteiger charge is 2.61. The van der Waals surface area contributed by atoms with E-state index in [0.29, 0.717) is 12.1 Å². The molecule has 2 aliphatic rings. The molecule has 2 fully saturated rings. The van der Waals surface area contributed by atoms with Crippen LogP contribution in [0.5, 0.6) is 0 Å². The fourth-order valence-corrected chi connectivity index (χ4v) is 3.31. The van der Waals surface area contributed by atoms with Crippen molar-refractivity contribution in [3.8, 4) is 0 Å². The molecule has 2 atom stereocenters. The van der Waals surface area contributed by atoms with Gasteiger partial charge in [-0.1, -0.05) is 18.2 Å². The molecule has 2 N–H and O–H groups in total. The molecular weight excluding hydrogens is 318 g/mol. The first-order valence-electron chi connectivity index (χ1n) is 8.05. The molecule has 2 unspecified atom stereocenters. The lowest BCUT2D eigenvalue weighted by Gasteiger charge is -2.41. The maximum atomic E-state index is 14.2. The number of para-hydroxylation sites is 1. The predicted molar refractivity (Wildman–Crippen MR) is 83.7 cm³/mol. The number of carbonyl (C=O) groups excluding carboxylic acids is 2. The summed E-state index contributed by atoms with van der Waals surface area (Å²) in [4.78, 5) is 26.0. The molecule has 1 aromatic rings. The molecule has 24 heavy (non-hydrogen) atoms. The number of benzene rings is 1. The second-order valence-corrected chi connectivity index (χ2v) is 6.61. The Morgan fingerprint density at radius 3 is 2.50 bits per heavy atom. The van der Waals surface area contributed by atoms with Crippen LogP contribution in [0.2, 0.25) is 0 Å². The minimum atomic E-state index is -3.89. The highest BCUT2D eigenvalue weighted by molar-refractivity contribution is 6.02. The number of hydrogen-bond acceptors (Lipinski definition) is 3. The molecule has 0 radical (unpaired) electrons. The number of rotatable bonds is 4. The lowest BCUT2D eigenvalue weighted by molar-refractivity contribution is -0.216. The van der Waals surface area contributed by atoms with Crippen LogP contribution in [0.25, 0.3) is 0 Å². The third-order valence-electron chi connectivity index (χ3n) is 4.94. The maximum absolute atomic E-state index is 14.2. The van der Waals surface area contributed by atoms with Gasteiger partial charge in [-0.3, -0.25) is 9.59 Å². The highest BCUT2D eigenvalue weighted by atomic mass is 19.3. The molecule has 1 aliphatic carbocycles. The summed E-state index contributed by atoms with van der Waals surface area (Å²) in [5.41, 5.74) is -1.63. The first-order valence-corrected chi connectivity index (χ1v) is 8.05.